The zero-order valence-corrected chi connectivity index (χ0v) is 15.3. The molecule has 5 rings (SSSR count). The number of allylic oxidation sites excluding steroid dienone is 6. The number of hydrogen-bond donors (Lipinski definition) is 1. The van der Waals surface area contributed by atoms with E-state index in [9.17, 15) is 4.79 Å². The van der Waals surface area contributed by atoms with Gasteiger partial charge in [0.2, 0.25) is 0 Å². The Labute approximate surface area is 158 Å². The Hall–Kier alpha value is -2.44. The average molecular weight is 383 g/mol. The SMILES string of the molecule is O=c1c2sc3nccc(NC4CC4)c3c2cnn1C1=CC=C(Cl)C=CC1. The number of hydrogen-bond acceptors (Lipinski definition) is 5. The highest BCUT2D eigenvalue weighted by molar-refractivity contribution is 7.25. The molecule has 1 saturated carbocycles. The van der Waals surface area contributed by atoms with Crippen molar-refractivity contribution in [3.05, 3.63) is 58.2 Å². The third-order valence-electron chi connectivity index (χ3n) is 4.57. The van der Waals surface area contributed by atoms with Crippen molar-refractivity contribution < 1.29 is 0 Å². The van der Waals surface area contributed by atoms with Crippen molar-refractivity contribution in [2.24, 2.45) is 0 Å². The predicted molar refractivity (Wildman–Crippen MR) is 108 cm³/mol. The molecule has 0 saturated heterocycles. The number of nitrogens with zero attached hydrogens (tertiary/aromatic N) is 3. The number of rotatable bonds is 3. The number of aromatic nitrogens is 3. The first kappa shape index (κ1) is 15.8. The number of anilines is 1. The van der Waals surface area contributed by atoms with Crippen molar-refractivity contribution in [2.75, 3.05) is 5.32 Å². The Bertz CT molecular complexity index is 1180. The van der Waals surface area contributed by atoms with Gasteiger partial charge in [0.25, 0.3) is 5.56 Å². The van der Waals surface area contributed by atoms with E-state index in [1.807, 2.05) is 24.3 Å². The van der Waals surface area contributed by atoms with Crippen molar-refractivity contribution in [3.63, 3.8) is 0 Å². The molecule has 1 fully saturated rings. The molecule has 3 aromatic rings. The fourth-order valence-corrected chi connectivity index (χ4v) is 4.33. The Morgan fingerprint density at radius 1 is 1.31 bits per heavy atom. The second-order valence-corrected chi connectivity index (χ2v) is 7.92. The molecule has 0 spiro atoms. The molecule has 2 aliphatic rings. The van der Waals surface area contributed by atoms with Crippen molar-refractivity contribution in [1.82, 2.24) is 14.8 Å². The van der Waals surface area contributed by atoms with Gasteiger partial charge in [0.05, 0.1) is 6.20 Å². The first-order valence-electron chi connectivity index (χ1n) is 8.50. The summed E-state index contributed by atoms with van der Waals surface area (Å²) in [5, 5.41) is 10.5. The van der Waals surface area contributed by atoms with E-state index in [4.69, 9.17) is 11.6 Å². The molecule has 0 radical (unpaired) electrons. The van der Waals surface area contributed by atoms with E-state index in [0.717, 1.165) is 27.0 Å². The van der Waals surface area contributed by atoms with Gasteiger partial charge in [-0.05, 0) is 37.1 Å². The topological polar surface area (TPSA) is 59.8 Å². The monoisotopic (exact) mass is 382 g/mol. The van der Waals surface area contributed by atoms with Crippen LogP contribution in [0.3, 0.4) is 0 Å². The zero-order chi connectivity index (χ0) is 17.7. The first-order chi connectivity index (χ1) is 12.7. The highest BCUT2D eigenvalue weighted by Crippen LogP contribution is 2.37. The Morgan fingerprint density at radius 3 is 3.04 bits per heavy atom. The second-order valence-electron chi connectivity index (χ2n) is 6.48. The minimum absolute atomic E-state index is 0.117. The third-order valence-corrected chi connectivity index (χ3v) is 5.92. The largest absolute Gasteiger partial charge is 0.382 e. The number of pyridine rings is 1. The van der Waals surface area contributed by atoms with Crippen LogP contribution in [0.2, 0.25) is 0 Å². The molecule has 3 aromatic heterocycles. The lowest BCUT2D eigenvalue weighted by Gasteiger charge is -2.07. The summed E-state index contributed by atoms with van der Waals surface area (Å²) in [5.74, 6) is 0. The van der Waals surface area contributed by atoms with Gasteiger partial charge in [0, 0.05) is 45.8 Å². The maximum atomic E-state index is 13.1. The molecular weight excluding hydrogens is 368 g/mol. The number of thiophene rings is 1. The summed E-state index contributed by atoms with van der Waals surface area (Å²) in [6, 6.07) is 2.51. The molecule has 26 heavy (non-hydrogen) atoms. The van der Waals surface area contributed by atoms with Gasteiger partial charge < -0.3 is 5.32 Å². The summed E-state index contributed by atoms with van der Waals surface area (Å²) in [4.78, 5) is 18.4. The van der Waals surface area contributed by atoms with Crippen LogP contribution < -0.4 is 10.9 Å². The average Bonchev–Trinajstić information content (AvgIpc) is 3.40. The highest BCUT2D eigenvalue weighted by atomic mass is 35.5. The minimum atomic E-state index is -0.117. The van der Waals surface area contributed by atoms with Crippen LogP contribution in [0.4, 0.5) is 5.69 Å². The lowest BCUT2D eigenvalue weighted by molar-refractivity contribution is 0.824. The van der Waals surface area contributed by atoms with Crippen LogP contribution in [0.1, 0.15) is 19.3 Å². The zero-order valence-electron chi connectivity index (χ0n) is 13.8. The number of halogens is 1. The van der Waals surface area contributed by atoms with Crippen LogP contribution in [-0.4, -0.2) is 20.8 Å². The van der Waals surface area contributed by atoms with Gasteiger partial charge in [0.1, 0.15) is 9.53 Å². The molecule has 3 heterocycles. The van der Waals surface area contributed by atoms with E-state index in [1.165, 1.54) is 28.9 Å². The molecule has 130 valence electrons. The predicted octanol–water partition coefficient (Wildman–Crippen LogP) is 4.50. The van der Waals surface area contributed by atoms with Gasteiger partial charge in [0.15, 0.2) is 0 Å². The fraction of sp³-hybridized carbons (Fsp3) is 0.211. The van der Waals surface area contributed by atoms with Crippen LogP contribution >= 0.6 is 22.9 Å². The van der Waals surface area contributed by atoms with Crippen molar-refractivity contribution in [3.8, 4) is 0 Å². The summed E-state index contributed by atoms with van der Waals surface area (Å²) in [5.41, 5.74) is 1.72. The van der Waals surface area contributed by atoms with E-state index >= 15 is 0 Å². The maximum Gasteiger partial charge on any atom is 0.289 e. The third kappa shape index (κ3) is 2.66. The number of fused-ring (bicyclic) bond motifs is 3. The Kier molecular flexibility index (Phi) is 3.69. The summed E-state index contributed by atoms with van der Waals surface area (Å²) in [6.45, 7) is 0. The molecule has 0 unspecified atom stereocenters. The molecule has 1 N–H and O–H groups in total. The van der Waals surface area contributed by atoms with Gasteiger partial charge in [-0.25, -0.2) is 4.98 Å². The highest BCUT2D eigenvalue weighted by Gasteiger charge is 2.23. The van der Waals surface area contributed by atoms with Crippen molar-refractivity contribution in [2.45, 2.75) is 25.3 Å². The first-order valence-corrected chi connectivity index (χ1v) is 9.69. The quantitative estimate of drug-likeness (QED) is 0.724. The standard InChI is InChI=1S/C19H15ClN4OS/c20-11-2-1-3-13(7-4-11)24-19(25)17-14(10-22-24)16-15(23-12-5-6-12)8-9-21-18(16)26-17/h1-2,4,7-10,12H,3,5-6H2,(H,21,23). The van der Waals surface area contributed by atoms with Crippen molar-refractivity contribution >= 4 is 54.6 Å². The summed E-state index contributed by atoms with van der Waals surface area (Å²) < 4.78 is 2.14. The van der Waals surface area contributed by atoms with Crippen LogP contribution in [0.5, 0.6) is 0 Å². The Morgan fingerprint density at radius 2 is 2.19 bits per heavy atom. The molecule has 0 aliphatic heterocycles. The molecule has 0 amide bonds. The van der Waals surface area contributed by atoms with E-state index < -0.39 is 0 Å². The van der Waals surface area contributed by atoms with E-state index in [1.54, 1.807) is 18.5 Å². The van der Waals surface area contributed by atoms with E-state index in [-0.39, 0.29) is 5.56 Å². The maximum absolute atomic E-state index is 13.1. The lowest BCUT2D eigenvalue weighted by atomic mass is 10.2. The molecule has 0 bridgehead atoms. The van der Waals surface area contributed by atoms with E-state index in [0.29, 0.717) is 22.2 Å². The number of nitrogens with one attached hydrogen (secondary N) is 1. The van der Waals surface area contributed by atoms with Crippen LogP contribution in [-0.2, 0) is 0 Å². The van der Waals surface area contributed by atoms with Crippen LogP contribution in [0.15, 0.2) is 52.6 Å². The Balaban J connectivity index is 1.70. The van der Waals surface area contributed by atoms with Gasteiger partial charge >= 0.3 is 0 Å². The summed E-state index contributed by atoms with van der Waals surface area (Å²) in [7, 11) is 0. The molecular formula is C19H15ClN4OS. The smallest absolute Gasteiger partial charge is 0.289 e. The summed E-state index contributed by atoms with van der Waals surface area (Å²) >= 11 is 7.46. The molecule has 7 heteroatoms. The second kappa shape index (κ2) is 6.07. The molecule has 0 atom stereocenters. The minimum Gasteiger partial charge on any atom is -0.382 e. The van der Waals surface area contributed by atoms with Crippen molar-refractivity contribution in [1.29, 1.82) is 0 Å². The van der Waals surface area contributed by atoms with Crippen LogP contribution in [0.25, 0.3) is 26.0 Å². The van der Waals surface area contributed by atoms with Crippen LogP contribution in [0, 0.1) is 0 Å². The lowest BCUT2D eigenvalue weighted by Crippen LogP contribution is -2.21. The molecule has 0 aromatic carbocycles. The molecule has 2 aliphatic carbocycles. The molecule has 5 nitrogen and oxygen atoms in total. The van der Waals surface area contributed by atoms with Gasteiger partial charge in [-0.1, -0.05) is 17.7 Å². The fourth-order valence-electron chi connectivity index (χ4n) is 3.11. The van der Waals surface area contributed by atoms with Gasteiger partial charge in [-0.15, -0.1) is 11.3 Å². The normalized spacial score (nSPS) is 17.3. The van der Waals surface area contributed by atoms with E-state index in [2.05, 4.69) is 15.4 Å². The van der Waals surface area contributed by atoms with Gasteiger partial charge in [-0.2, -0.15) is 9.78 Å². The summed E-state index contributed by atoms with van der Waals surface area (Å²) in [6.07, 6.45) is 13.9. The van der Waals surface area contributed by atoms with Gasteiger partial charge in [-0.3, -0.25) is 4.79 Å².